The molecule has 0 amide bonds. The van der Waals surface area contributed by atoms with Crippen LogP contribution in [-0.4, -0.2) is 11.8 Å². The van der Waals surface area contributed by atoms with Crippen LogP contribution in [0.2, 0.25) is 0 Å². The lowest BCUT2D eigenvalue weighted by Gasteiger charge is -2.52. The van der Waals surface area contributed by atoms with Crippen LogP contribution in [0.5, 0.6) is 0 Å². The third kappa shape index (κ3) is 2.82. The molecule has 2 bridgehead atoms. The van der Waals surface area contributed by atoms with E-state index in [4.69, 9.17) is 5.73 Å². The standard InChI is InChI=1S/C22H26N2O/c1-14(2)15-5-9-18(10-6-15)24-19-11-12-20(21(25)13-19)22(24)16-3-7-17(23)8-4-16/h3-10,14,19-20,22H,11-13,23H2,1-2H3. The van der Waals surface area contributed by atoms with E-state index in [1.807, 2.05) is 12.1 Å². The van der Waals surface area contributed by atoms with Gasteiger partial charge in [-0.25, -0.2) is 0 Å². The van der Waals surface area contributed by atoms with Crippen molar-refractivity contribution in [3.8, 4) is 0 Å². The van der Waals surface area contributed by atoms with Gasteiger partial charge in [0.05, 0.1) is 6.04 Å². The van der Waals surface area contributed by atoms with Crippen LogP contribution in [0.3, 0.4) is 0 Å². The van der Waals surface area contributed by atoms with E-state index < -0.39 is 0 Å². The third-order valence-electron chi connectivity index (χ3n) is 5.87. The Morgan fingerprint density at radius 3 is 2.28 bits per heavy atom. The Morgan fingerprint density at radius 2 is 1.68 bits per heavy atom. The molecule has 0 aromatic heterocycles. The summed E-state index contributed by atoms with van der Waals surface area (Å²) in [4.78, 5) is 15.1. The smallest absolute Gasteiger partial charge is 0.140 e. The van der Waals surface area contributed by atoms with Gasteiger partial charge in [0.15, 0.2) is 0 Å². The Kier molecular flexibility index (Phi) is 4.03. The number of benzene rings is 2. The molecule has 2 heterocycles. The number of nitrogens with zero attached hydrogens (tertiary/aromatic N) is 1. The number of fused-ring (bicyclic) bond motifs is 3. The van der Waals surface area contributed by atoms with Gasteiger partial charge in [-0.05, 0) is 54.2 Å². The lowest BCUT2D eigenvalue weighted by Crippen LogP contribution is -2.54. The van der Waals surface area contributed by atoms with Crippen molar-refractivity contribution in [3.63, 3.8) is 0 Å². The van der Waals surface area contributed by atoms with Crippen molar-refractivity contribution in [3.05, 3.63) is 59.7 Å². The zero-order chi connectivity index (χ0) is 17.6. The summed E-state index contributed by atoms with van der Waals surface area (Å²) in [5, 5.41) is 0. The Balaban J connectivity index is 1.75. The normalized spacial score (nSPS) is 25.6. The van der Waals surface area contributed by atoms with Crippen molar-refractivity contribution in [1.29, 1.82) is 0 Å². The average Bonchev–Trinajstić information content (AvgIpc) is 2.62. The second-order valence-corrected chi connectivity index (χ2v) is 7.77. The second kappa shape index (κ2) is 6.21. The van der Waals surface area contributed by atoms with E-state index in [0.29, 0.717) is 24.2 Å². The van der Waals surface area contributed by atoms with E-state index in [9.17, 15) is 4.79 Å². The highest BCUT2D eigenvalue weighted by Gasteiger charge is 2.47. The topological polar surface area (TPSA) is 46.3 Å². The van der Waals surface area contributed by atoms with Crippen molar-refractivity contribution in [2.45, 2.75) is 51.1 Å². The molecular weight excluding hydrogens is 308 g/mol. The van der Waals surface area contributed by atoms with E-state index in [1.54, 1.807) is 0 Å². The van der Waals surface area contributed by atoms with Crippen molar-refractivity contribution in [2.24, 2.45) is 5.92 Å². The van der Waals surface area contributed by atoms with Gasteiger partial charge in [-0.2, -0.15) is 0 Å². The first kappa shape index (κ1) is 16.2. The SMILES string of the molecule is CC(C)c1ccc(N2C3CCC(C(=O)C3)C2c2ccc(N)cc2)cc1. The van der Waals surface area contributed by atoms with Gasteiger partial charge >= 0.3 is 0 Å². The molecule has 2 N–H and O–H groups in total. The van der Waals surface area contributed by atoms with Crippen molar-refractivity contribution < 1.29 is 4.79 Å². The minimum absolute atomic E-state index is 0.0957. The van der Waals surface area contributed by atoms with Crippen LogP contribution >= 0.6 is 0 Å². The fourth-order valence-corrected chi connectivity index (χ4v) is 4.50. The predicted molar refractivity (Wildman–Crippen MR) is 103 cm³/mol. The zero-order valence-electron chi connectivity index (χ0n) is 15.0. The fraction of sp³-hybridized carbons (Fsp3) is 0.409. The lowest BCUT2D eigenvalue weighted by molar-refractivity contribution is -0.128. The van der Waals surface area contributed by atoms with Gasteiger partial charge < -0.3 is 10.6 Å². The number of nitrogen functional groups attached to an aromatic ring is 1. The Hall–Kier alpha value is -2.29. The van der Waals surface area contributed by atoms with E-state index in [1.165, 1.54) is 16.8 Å². The third-order valence-corrected chi connectivity index (χ3v) is 5.87. The number of carbonyl (C=O) groups excluding carboxylic acids is 1. The van der Waals surface area contributed by atoms with Crippen LogP contribution in [0.4, 0.5) is 11.4 Å². The second-order valence-electron chi connectivity index (χ2n) is 7.77. The van der Waals surface area contributed by atoms with Gasteiger partial charge in [0.25, 0.3) is 0 Å². The molecule has 2 aromatic rings. The number of ketones is 1. The van der Waals surface area contributed by atoms with Crippen molar-refractivity contribution in [1.82, 2.24) is 0 Å². The number of hydrogen-bond acceptors (Lipinski definition) is 3. The molecule has 2 aliphatic heterocycles. The van der Waals surface area contributed by atoms with Gasteiger partial charge in [-0.15, -0.1) is 0 Å². The summed E-state index contributed by atoms with van der Waals surface area (Å²) in [6, 6.07) is 17.4. The number of carbonyl (C=O) groups is 1. The monoisotopic (exact) mass is 334 g/mol. The summed E-state index contributed by atoms with van der Waals surface area (Å²) in [6.45, 7) is 4.43. The molecule has 130 valence electrons. The molecule has 0 spiro atoms. The molecular formula is C22H26N2O. The predicted octanol–water partition coefficient (Wildman–Crippen LogP) is 4.69. The van der Waals surface area contributed by atoms with Gasteiger partial charge in [0.2, 0.25) is 0 Å². The Morgan fingerprint density at radius 1 is 1.00 bits per heavy atom. The molecule has 0 radical (unpaired) electrons. The lowest BCUT2D eigenvalue weighted by atomic mass is 9.71. The first-order valence-electron chi connectivity index (χ1n) is 9.31. The first-order valence-corrected chi connectivity index (χ1v) is 9.31. The highest BCUT2D eigenvalue weighted by Crippen LogP contribution is 2.48. The molecule has 1 saturated carbocycles. The number of hydrogen-bond donors (Lipinski definition) is 1. The number of Topliss-reactive ketones (excluding diaryl/α,β-unsaturated/α-hetero) is 1. The maximum Gasteiger partial charge on any atom is 0.140 e. The summed E-state index contributed by atoms with van der Waals surface area (Å²) in [7, 11) is 0. The molecule has 3 unspecified atom stereocenters. The van der Waals surface area contributed by atoms with Crippen LogP contribution in [0.25, 0.3) is 0 Å². The van der Waals surface area contributed by atoms with Crippen LogP contribution in [0, 0.1) is 5.92 Å². The molecule has 2 aromatic carbocycles. The van der Waals surface area contributed by atoms with Crippen LogP contribution in [-0.2, 0) is 4.79 Å². The highest BCUT2D eigenvalue weighted by molar-refractivity contribution is 5.86. The molecule has 3 atom stereocenters. The van der Waals surface area contributed by atoms with E-state index in [2.05, 4.69) is 55.1 Å². The fourth-order valence-electron chi connectivity index (χ4n) is 4.50. The number of nitrogens with two attached hydrogens (primary N) is 1. The van der Waals surface area contributed by atoms with Gasteiger partial charge in [0, 0.05) is 29.8 Å². The average molecular weight is 334 g/mol. The molecule has 3 aliphatic rings. The minimum Gasteiger partial charge on any atom is -0.399 e. The Labute approximate surface area is 149 Å². The maximum atomic E-state index is 12.6. The van der Waals surface area contributed by atoms with Gasteiger partial charge in [-0.1, -0.05) is 38.1 Å². The summed E-state index contributed by atoms with van der Waals surface area (Å²) in [5.74, 6) is 1.05. The molecule has 3 nitrogen and oxygen atoms in total. The molecule has 3 heteroatoms. The first-order chi connectivity index (χ1) is 12.0. The summed E-state index contributed by atoms with van der Waals surface area (Å²) >= 11 is 0. The Bertz CT molecular complexity index is 764. The molecule has 5 rings (SSSR count). The van der Waals surface area contributed by atoms with Crippen LogP contribution in [0.1, 0.15) is 56.2 Å². The van der Waals surface area contributed by atoms with E-state index in [0.717, 1.165) is 18.5 Å². The zero-order valence-corrected chi connectivity index (χ0v) is 15.0. The van der Waals surface area contributed by atoms with Crippen LogP contribution in [0.15, 0.2) is 48.5 Å². The van der Waals surface area contributed by atoms with Gasteiger partial charge in [-0.3, -0.25) is 4.79 Å². The highest BCUT2D eigenvalue weighted by atomic mass is 16.1. The summed E-state index contributed by atoms with van der Waals surface area (Å²) in [5.41, 5.74) is 10.4. The minimum atomic E-state index is 0.0957. The van der Waals surface area contributed by atoms with Gasteiger partial charge in [0.1, 0.15) is 5.78 Å². The van der Waals surface area contributed by atoms with Crippen LogP contribution < -0.4 is 10.6 Å². The molecule has 3 fully saturated rings. The maximum absolute atomic E-state index is 12.6. The number of rotatable bonds is 3. The number of piperidine rings is 2. The molecule has 25 heavy (non-hydrogen) atoms. The number of anilines is 2. The largest absolute Gasteiger partial charge is 0.399 e. The summed E-state index contributed by atoms with van der Waals surface area (Å²) < 4.78 is 0. The van der Waals surface area contributed by atoms with E-state index >= 15 is 0 Å². The summed E-state index contributed by atoms with van der Waals surface area (Å²) in [6.07, 6.45) is 2.79. The van der Waals surface area contributed by atoms with Crippen molar-refractivity contribution in [2.75, 3.05) is 10.6 Å². The van der Waals surface area contributed by atoms with Crippen molar-refractivity contribution >= 4 is 17.2 Å². The molecule has 2 saturated heterocycles. The van der Waals surface area contributed by atoms with E-state index in [-0.39, 0.29) is 12.0 Å². The molecule has 1 aliphatic carbocycles. The quantitative estimate of drug-likeness (QED) is 0.828.